The number of thiophene rings is 1. The van der Waals surface area contributed by atoms with Gasteiger partial charge in [-0.15, -0.1) is 11.3 Å². The molecule has 1 saturated heterocycles. The van der Waals surface area contributed by atoms with E-state index in [1.54, 1.807) is 40.9 Å². The number of esters is 1. The molecule has 260 valence electrons. The molecule has 1 atom stereocenters. The highest BCUT2D eigenvalue weighted by molar-refractivity contribution is 7.88. The first-order valence-corrected chi connectivity index (χ1v) is 18.3. The largest absolute Gasteiger partial charge is 0.496 e. The van der Waals surface area contributed by atoms with E-state index in [1.165, 1.54) is 52.8 Å². The van der Waals surface area contributed by atoms with Crippen LogP contribution in [0.4, 0.5) is 0 Å². The normalized spacial score (nSPS) is 15.9. The van der Waals surface area contributed by atoms with Gasteiger partial charge in [0, 0.05) is 18.7 Å². The maximum atomic E-state index is 14.6. The Morgan fingerprint density at radius 1 is 1.12 bits per heavy atom. The molecule has 1 aromatic carbocycles. The molecule has 1 aliphatic heterocycles. The number of aryl methyl sites for hydroxylation is 1. The van der Waals surface area contributed by atoms with E-state index in [-0.39, 0.29) is 18.0 Å². The van der Waals surface area contributed by atoms with E-state index >= 15 is 0 Å². The van der Waals surface area contributed by atoms with Gasteiger partial charge >= 0.3 is 11.7 Å². The number of para-hydroxylation sites is 1. The first-order chi connectivity index (χ1) is 22.4. The lowest BCUT2D eigenvalue weighted by Crippen LogP contribution is -2.54. The van der Waals surface area contributed by atoms with Gasteiger partial charge in [-0.3, -0.25) is 9.36 Å². The third kappa shape index (κ3) is 7.00. The highest BCUT2D eigenvalue weighted by Gasteiger charge is 2.39. The molecule has 4 heterocycles. The number of sulfonamides is 1. The molecule has 0 saturated carbocycles. The molecule has 0 spiro atoms. The predicted molar refractivity (Wildman–Crippen MR) is 182 cm³/mol. The van der Waals surface area contributed by atoms with Gasteiger partial charge in [0.1, 0.15) is 34.1 Å². The Balaban J connectivity index is 1.70. The summed E-state index contributed by atoms with van der Waals surface area (Å²) in [6.07, 6.45) is 3.91. The van der Waals surface area contributed by atoms with Gasteiger partial charge in [-0.05, 0) is 66.0 Å². The highest BCUT2D eigenvalue weighted by atomic mass is 32.2. The van der Waals surface area contributed by atoms with Crippen LogP contribution in [0, 0.1) is 6.92 Å². The lowest BCUT2D eigenvalue weighted by atomic mass is 10.0. The summed E-state index contributed by atoms with van der Waals surface area (Å²) in [5, 5.41) is 0.240. The van der Waals surface area contributed by atoms with Gasteiger partial charge in [-0.1, -0.05) is 18.2 Å². The number of hydrogen-bond acceptors (Lipinski definition) is 11. The van der Waals surface area contributed by atoms with Crippen molar-refractivity contribution in [1.29, 1.82) is 0 Å². The fourth-order valence-corrected chi connectivity index (χ4v) is 8.00. The van der Waals surface area contributed by atoms with Crippen molar-refractivity contribution in [3.05, 3.63) is 68.7 Å². The van der Waals surface area contributed by atoms with E-state index in [1.807, 2.05) is 18.2 Å². The smallest absolute Gasteiger partial charge is 0.333 e. The van der Waals surface area contributed by atoms with Crippen LogP contribution in [0.2, 0.25) is 0 Å². The van der Waals surface area contributed by atoms with Crippen LogP contribution in [-0.2, 0) is 36.4 Å². The van der Waals surface area contributed by atoms with Crippen molar-refractivity contribution in [2.75, 3.05) is 26.5 Å². The van der Waals surface area contributed by atoms with Gasteiger partial charge in [0.15, 0.2) is 0 Å². The number of oxazole rings is 1. The quantitative estimate of drug-likeness (QED) is 0.217. The van der Waals surface area contributed by atoms with Crippen molar-refractivity contribution in [1.82, 2.24) is 18.4 Å². The number of fused-ring (bicyclic) bond motifs is 1. The molecule has 0 N–H and O–H groups in total. The van der Waals surface area contributed by atoms with Crippen LogP contribution in [0.3, 0.4) is 0 Å². The number of hydrogen-bond donors (Lipinski definition) is 0. The van der Waals surface area contributed by atoms with Crippen LogP contribution in [0.5, 0.6) is 5.75 Å². The summed E-state index contributed by atoms with van der Waals surface area (Å²) >= 11 is 1.19. The van der Waals surface area contributed by atoms with Crippen molar-refractivity contribution in [3.8, 4) is 16.5 Å². The molecule has 1 unspecified atom stereocenters. The van der Waals surface area contributed by atoms with Gasteiger partial charge < -0.3 is 18.6 Å². The first kappa shape index (κ1) is 35.5. The number of nitrogens with zero attached hydrogens (tertiary/aromatic N) is 4. The number of carbonyl (C=O) groups excluding carboxylic acids is 1. The molecule has 0 bridgehead atoms. The molecule has 3 aromatic heterocycles. The number of rotatable bonds is 10. The van der Waals surface area contributed by atoms with E-state index < -0.39 is 44.5 Å². The van der Waals surface area contributed by atoms with E-state index in [4.69, 9.17) is 18.6 Å². The molecule has 1 aliphatic rings. The van der Waals surface area contributed by atoms with Crippen LogP contribution in [0.15, 0.2) is 50.7 Å². The summed E-state index contributed by atoms with van der Waals surface area (Å²) in [5.74, 6) is 0.0851. The Labute approximate surface area is 283 Å². The van der Waals surface area contributed by atoms with Crippen molar-refractivity contribution < 1.29 is 31.8 Å². The minimum absolute atomic E-state index is 0.0579. The van der Waals surface area contributed by atoms with Crippen LogP contribution in [-0.4, -0.2) is 71.0 Å². The lowest BCUT2D eigenvalue weighted by molar-refractivity contribution is -0.164. The maximum Gasteiger partial charge on any atom is 0.333 e. The first-order valence-electron chi connectivity index (χ1n) is 15.6. The molecule has 0 aliphatic carbocycles. The van der Waals surface area contributed by atoms with Crippen LogP contribution in [0.25, 0.3) is 21.0 Å². The third-order valence-electron chi connectivity index (χ3n) is 8.36. The van der Waals surface area contributed by atoms with Gasteiger partial charge in [0.05, 0.1) is 42.5 Å². The van der Waals surface area contributed by atoms with Crippen LogP contribution in [0.1, 0.15) is 64.7 Å². The van der Waals surface area contributed by atoms with E-state index in [0.29, 0.717) is 58.4 Å². The summed E-state index contributed by atoms with van der Waals surface area (Å²) < 4.78 is 51.8. The zero-order valence-electron chi connectivity index (χ0n) is 28.4. The average Bonchev–Trinajstić information content (AvgIpc) is 3.65. The Morgan fingerprint density at radius 3 is 2.38 bits per heavy atom. The van der Waals surface area contributed by atoms with Crippen LogP contribution >= 0.6 is 11.3 Å². The summed E-state index contributed by atoms with van der Waals surface area (Å²) in [6, 6.07) is 7.29. The molecular formula is C33H42N4O9S2. The Hall–Kier alpha value is -3.79. The molecule has 5 rings (SSSR count). The summed E-state index contributed by atoms with van der Waals surface area (Å²) in [7, 11) is -1.81. The van der Waals surface area contributed by atoms with E-state index in [9.17, 15) is 22.8 Å². The predicted octanol–water partition coefficient (Wildman–Crippen LogP) is 4.46. The van der Waals surface area contributed by atoms with Crippen molar-refractivity contribution in [3.63, 3.8) is 0 Å². The minimum atomic E-state index is -3.35. The zero-order valence-corrected chi connectivity index (χ0v) is 30.1. The number of aromatic nitrogens is 3. The fraction of sp³-hybridized carbons (Fsp3) is 0.515. The van der Waals surface area contributed by atoms with Gasteiger partial charge in [-0.25, -0.2) is 31.9 Å². The second-order valence-corrected chi connectivity index (χ2v) is 16.4. The zero-order chi connectivity index (χ0) is 35.2. The highest BCUT2D eigenvalue weighted by Crippen LogP contribution is 2.38. The van der Waals surface area contributed by atoms with Gasteiger partial charge in [0.25, 0.3) is 5.56 Å². The topological polar surface area (TPSA) is 152 Å². The molecular weight excluding hydrogens is 661 g/mol. The Bertz CT molecular complexity index is 2030. The van der Waals surface area contributed by atoms with Crippen molar-refractivity contribution in [2.45, 2.75) is 84.3 Å². The molecule has 4 aromatic rings. The average molecular weight is 703 g/mol. The van der Waals surface area contributed by atoms with Crippen LogP contribution < -0.4 is 16.0 Å². The Morgan fingerprint density at radius 2 is 1.79 bits per heavy atom. The van der Waals surface area contributed by atoms with Gasteiger partial charge in [-0.2, -0.15) is 0 Å². The summed E-state index contributed by atoms with van der Waals surface area (Å²) in [5.41, 5.74) is -2.71. The molecule has 13 nitrogen and oxygen atoms in total. The summed E-state index contributed by atoms with van der Waals surface area (Å²) in [6.45, 7) is 10.4. The number of benzene rings is 1. The van der Waals surface area contributed by atoms with E-state index in [2.05, 4.69) is 4.98 Å². The second kappa shape index (κ2) is 13.3. The third-order valence-corrected chi connectivity index (χ3v) is 11.0. The Kier molecular flexibility index (Phi) is 9.81. The monoisotopic (exact) mass is 702 g/mol. The molecule has 48 heavy (non-hydrogen) atoms. The number of ether oxygens (including phenoxy) is 3. The van der Waals surface area contributed by atoms with Gasteiger partial charge in [0.2, 0.25) is 15.9 Å². The fourth-order valence-electron chi connectivity index (χ4n) is 5.88. The number of piperidine rings is 1. The van der Waals surface area contributed by atoms with Crippen molar-refractivity contribution >= 4 is 37.5 Å². The SMILES string of the molecule is COc1ccccc1C(Cn1c(=O)n(C(C)(C)C(=O)OC(C)(C)C)c(=O)c2c(C)c(-c3ncco3)sc21)OC1CCN(S(C)(=O)=O)CC1. The molecule has 1 fully saturated rings. The number of methoxy groups -OCH3 is 1. The maximum absolute atomic E-state index is 14.6. The standard InChI is InChI=1S/C33H42N4O9S2/c1-20-25-28(38)37(33(5,6)30(39)46-32(2,3)4)31(40)36(29(25)47-26(20)27-34-15-18-44-27)19-24(22-11-9-10-12-23(22)43-7)45-21-13-16-35(17-14-21)48(8,41)42/h9-12,15,18,21,24H,13-14,16-17,19H2,1-8H3. The lowest BCUT2D eigenvalue weighted by Gasteiger charge is -2.33. The molecule has 15 heteroatoms. The van der Waals surface area contributed by atoms with Crippen molar-refractivity contribution in [2.24, 2.45) is 0 Å². The summed E-state index contributed by atoms with van der Waals surface area (Å²) in [4.78, 5) is 47.7. The van der Waals surface area contributed by atoms with E-state index in [0.717, 1.165) is 4.57 Å². The number of carbonyl (C=O) groups is 1. The minimum Gasteiger partial charge on any atom is -0.496 e. The molecule has 0 radical (unpaired) electrons. The molecule has 0 amide bonds. The second-order valence-electron chi connectivity index (χ2n) is 13.4.